The fourth-order valence-corrected chi connectivity index (χ4v) is 23.4. The van der Waals surface area contributed by atoms with E-state index in [2.05, 4.69) is 37.4 Å². The van der Waals surface area contributed by atoms with Gasteiger partial charge in [0.25, 0.3) is 0 Å². The molecule has 0 unspecified atom stereocenters. The molecule has 0 spiro atoms. The van der Waals surface area contributed by atoms with Crippen molar-refractivity contribution in [3.05, 3.63) is 0 Å². The Kier molecular flexibility index (Phi) is 6.02. The van der Waals surface area contributed by atoms with Crippen molar-refractivity contribution < 1.29 is 17.2 Å². The van der Waals surface area contributed by atoms with Gasteiger partial charge >= 0.3 is 87.5 Å². The van der Waals surface area contributed by atoms with Gasteiger partial charge in [0, 0.05) is 0 Å². The Morgan fingerprint density at radius 2 is 1.90 bits per heavy atom. The Morgan fingerprint density at radius 1 is 1.50 bits per heavy atom. The van der Waals surface area contributed by atoms with Gasteiger partial charge in [0.2, 0.25) is 0 Å². The van der Waals surface area contributed by atoms with Gasteiger partial charge in [-0.05, 0) is 0 Å². The summed E-state index contributed by atoms with van der Waals surface area (Å²) in [7, 11) is 0. The third-order valence-electron chi connectivity index (χ3n) is 1.11. The van der Waals surface area contributed by atoms with Crippen LogP contribution < -0.4 is 28.7 Å². The molecule has 0 heterocycles. The average molecular weight is 483 g/mol. The number of nitrogens with two attached hydrogens (primary N) is 2. The zero-order chi connectivity index (χ0) is 8.36. The van der Waals surface area contributed by atoms with Crippen LogP contribution in [0, 0.1) is 5.92 Å². The molecule has 0 fully saturated rings. The molecule has 0 aromatic rings. The van der Waals surface area contributed by atoms with Crippen molar-refractivity contribution in [1.82, 2.24) is 0 Å². The van der Waals surface area contributed by atoms with Crippen LogP contribution in [0.4, 0.5) is 0 Å². The van der Waals surface area contributed by atoms with Crippen molar-refractivity contribution >= 4 is 30.5 Å². The predicted molar refractivity (Wildman–Crippen MR) is 59.9 cm³/mol. The number of hydrogen-bond acceptors (Lipinski definition) is 2. The monoisotopic (exact) mass is 483 g/mol. The zero-order valence-corrected chi connectivity index (χ0v) is 12.8. The molecule has 5 heteroatoms. The average Bonchev–Trinajstić information content (AvgIpc) is 1.60. The summed E-state index contributed by atoms with van der Waals surface area (Å²) in [5.41, 5.74) is 11.8. The van der Waals surface area contributed by atoms with E-state index in [-0.39, 0.29) is 20.9 Å². The maximum absolute atomic E-state index is 5.92. The quantitative estimate of drug-likeness (QED) is 0.227. The maximum atomic E-state index is 5.92. The van der Waals surface area contributed by atoms with Crippen molar-refractivity contribution in [3.8, 4) is 0 Å². The standard InChI is InChI=1S/C5H14I3N2/c1-4(2)5(9,10)7-8(3)6/h4H,9-10H2,1-3H3/q-1. The minimum absolute atomic E-state index is 0.0774. The van der Waals surface area contributed by atoms with Gasteiger partial charge in [-0.1, -0.05) is 0 Å². The van der Waals surface area contributed by atoms with Crippen LogP contribution in [0.25, 0.3) is 0 Å². The summed E-state index contributed by atoms with van der Waals surface area (Å²) in [5.74, 6) is 0.440. The van der Waals surface area contributed by atoms with Crippen molar-refractivity contribution in [2.24, 2.45) is 17.4 Å². The molecule has 0 radical (unpaired) electrons. The van der Waals surface area contributed by atoms with E-state index in [1.54, 1.807) is 0 Å². The number of alkyl halides is 2. The first-order valence-corrected chi connectivity index (χ1v) is 18.7. The molecule has 66 valence electrons. The minimum atomic E-state index is -0.673. The van der Waals surface area contributed by atoms with Crippen LogP contribution in [0.1, 0.15) is 13.8 Å². The van der Waals surface area contributed by atoms with Crippen LogP contribution in [-0.4, -0.2) is 8.60 Å². The Bertz CT molecular complexity index is 103. The van der Waals surface area contributed by atoms with E-state index in [4.69, 9.17) is 11.5 Å². The molecule has 0 saturated heterocycles. The normalized spacial score (nSPS) is 14.5. The van der Waals surface area contributed by atoms with Crippen LogP contribution in [0.2, 0.25) is 0 Å². The Labute approximate surface area is 86.1 Å². The van der Waals surface area contributed by atoms with Crippen molar-refractivity contribution in [1.29, 1.82) is 0 Å². The van der Waals surface area contributed by atoms with Crippen LogP contribution >= 0.6 is 30.5 Å². The summed E-state index contributed by atoms with van der Waals surface area (Å²) < 4.78 is -0.306. The molecule has 0 rings (SSSR count). The van der Waals surface area contributed by atoms with Gasteiger partial charge in [0.05, 0.1) is 0 Å². The summed E-state index contributed by atoms with van der Waals surface area (Å²) >= 11 is 1.95. The molecule has 0 aromatic carbocycles. The van der Waals surface area contributed by atoms with Gasteiger partial charge in [-0.25, -0.2) is 0 Å². The molecule has 0 aliphatic rings. The molecule has 0 amide bonds. The van der Waals surface area contributed by atoms with E-state index in [0.29, 0.717) is 5.92 Å². The van der Waals surface area contributed by atoms with E-state index in [0.717, 1.165) is 0 Å². The SMILES string of the molecule is CC(C)C(N)(N)[I-]I(C)I. The molecule has 0 atom stereocenters. The molecule has 10 heavy (non-hydrogen) atoms. The van der Waals surface area contributed by atoms with E-state index in [1.807, 2.05) is 0 Å². The fraction of sp³-hybridized carbons (Fsp3) is 1.00. The van der Waals surface area contributed by atoms with E-state index in [9.17, 15) is 0 Å². The fourth-order valence-electron chi connectivity index (χ4n) is 0.253. The first-order valence-electron chi connectivity index (χ1n) is 2.87. The molecule has 0 aliphatic carbocycles. The molecule has 0 bridgehead atoms. The summed E-state index contributed by atoms with van der Waals surface area (Å²) in [6.45, 7) is 4.21. The second-order valence-corrected chi connectivity index (χ2v) is 36.2. The van der Waals surface area contributed by atoms with Gasteiger partial charge in [0.1, 0.15) is 0 Å². The van der Waals surface area contributed by atoms with E-state index < -0.39 is 11.9 Å². The molecule has 0 aliphatic heterocycles. The number of halogens is 3. The second kappa shape index (κ2) is 4.97. The van der Waals surface area contributed by atoms with Gasteiger partial charge in [0.15, 0.2) is 0 Å². The predicted octanol–water partition coefficient (Wildman–Crippen LogP) is -1.30. The molecule has 0 aromatic heterocycles. The molecule has 4 N–H and O–H groups in total. The Morgan fingerprint density at radius 3 is 2.00 bits per heavy atom. The van der Waals surface area contributed by atoms with Gasteiger partial charge in [-0.3, -0.25) is 0 Å². The third-order valence-corrected chi connectivity index (χ3v) is 19.1. The van der Waals surface area contributed by atoms with E-state index in [1.165, 1.54) is 0 Å². The zero-order valence-electron chi connectivity index (χ0n) is 6.37. The summed E-state index contributed by atoms with van der Waals surface area (Å²) in [6.07, 6.45) is 0. The molecular weight excluding hydrogens is 469 g/mol. The van der Waals surface area contributed by atoms with Crippen LogP contribution in [0.15, 0.2) is 0 Å². The van der Waals surface area contributed by atoms with Gasteiger partial charge in [-0.15, -0.1) is 0 Å². The Hall–Kier alpha value is 2.11. The second-order valence-electron chi connectivity index (χ2n) is 2.39. The first-order chi connectivity index (χ1) is 4.36. The molecular formula is C5H14I3N2-. The summed E-state index contributed by atoms with van der Waals surface area (Å²) in [4.78, 5) is 2.33. The number of rotatable bonds is 3. The summed E-state index contributed by atoms with van der Waals surface area (Å²) in [6, 6.07) is 0. The molecule has 0 saturated carbocycles. The van der Waals surface area contributed by atoms with Gasteiger partial charge in [-0.2, -0.15) is 0 Å². The summed E-state index contributed by atoms with van der Waals surface area (Å²) in [5, 5.41) is 0. The van der Waals surface area contributed by atoms with Crippen molar-refractivity contribution in [2.75, 3.05) is 4.93 Å². The Balaban J connectivity index is 3.87. The van der Waals surface area contributed by atoms with E-state index >= 15 is 0 Å². The molecule has 2 nitrogen and oxygen atoms in total. The third kappa shape index (κ3) is 4.88. The first kappa shape index (κ1) is 12.1. The van der Waals surface area contributed by atoms with Crippen LogP contribution in [0.5, 0.6) is 0 Å². The topological polar surface area (TPSA) is 52.0 Å². The van der Waals surface area contributed by atoms with Crippen LogP contribution in [0.3, 0.4) is 0 Å². The number of hydrogen-bond donors (Lipinski definition) is 2. The van der Waals surface area contributed by atoms with Gasteiger partial charge < -0.3 is 0 Å². The van der Waals surface area contributed by atoms with Crippen LogP contribution in [-0.2, 0) is 0 Å². The van der Waals surface area contributed by atoms with Crippen molar-refractivity contribution in [2.45, 2.75) is 17.5 Å². The van der Waals surface area contributed by atoms with Crippen molar-refractivity contribution in [3.63, 3.8) is 0 Å².